The maximum atomic E-state index is 12.6. The SMILES string of the molecule is CC[C@@H]1c2ccc(C)n2CCN1C(=O)NCc1ccccc1. The van der Waals surface area contributed by atoms with Crippen molar-refractivity contribution in [3.63, 3.8) is 0 Å². The van der Waals surface area contributed by atoms with E-state index in [2.05, 4.69) is 35.9 Å². The highest BCUT2D eigenvalue weighted by atomic mass is 16.2. The highest BCUT2D eigenvalue weighted by Gasteiger charge is 2.30. The molecule has 2 amide bonds. The van der Waals surface area contributed by atoms with Gasteiger partial charge in [0.15, 0.2) is 0 Å². The predicted molar refractivity (Wildman–Crippen MR) is 87.6 cm³/mol. The summed E-state index contributed by atoms with van der Waals surface area (Å²) in [7, 11) is 0. The second-order valence-corrected chi connectivity index (χ2v) is 5.81. The molecule has 0 radical (unpaired) electrons. The molecule has 22 heavy (non-hydrogen) atoms. The fourth-order valence-corrected chi connectivity index (χ4v) is 3.26. The number of carbonyl (C=O) groups excluding carboxylic acids is 1. The van der Waals surface area contributed by atoms with Crippen molar-refractivity contribution in [2.24, 2.45) is 0 Å². The third-order valence-corrected chi connectivity index (χ3v) is 4.45. The molecule has 0 spiro atoms. The number of aryl methyl sites for hydroxylation is 1. The Kier molecular flexibility index (Phi) is 4.18. The Morgan fingerprint density at radius 2 is 1.95 bits per heavy atom. The zero-order chi connectivity index (χ0) is 15.5. The quantitative estimate of drug-likeness (QED) is 0.925. The van der Waals surface area contributed by atoms with Gasteiger partial charge in [-0.3, -0.25) is 0 Å². The lowest BCUT2D eigenvalue weighted by Crippen LogP contribution is -2.46. The number of urea groups is 1. The first kappa shape index (κ1) is 14.7. The van der Waals surface area contributed by atoms with Gasteiger partial charge in [0.1, 0.15) is 0 Å². The minimum Gasteiger partial charge on any atom is -0.345 e. The summed E-state index contributed by atoms with van der Waals surface area (Å²) in [5, 5.41) is 3.05. The van der Waals surface area contributed by atoms with Gasteiger partial charge >= 0.3 is 6.03 Å². The molecule has 116 valence electrons. The van der Waals surface area contributed by atoms with Gasteiger partial charge in [-0.1, -0.05) is 37.3 Å². The molecular weight excluding hydrogens is 274 g/mol. The van der Waals surface area contributed by atoms with Gasteiger partial charge in [-0.25, -0.2) is 4.79 Å². The molecule has 1 aromatic carbocycles. The minimum atomic E-state index is 0.0285. The van der Waals surface area contributed by atoms with Crippen LogP contribution >= 0.6 is 0 Å². The summed E-state index contributed by atoms with van der Waals surface area (Å²) in [6.45, 7) is 6.49. The Hall–Kier alpha value is -2.23. The number of carbonyl (C=O) groups is 1. The first-order valence-electron chi connectivity index (χ1n) is 7.95. The summed E-state index contributed by atoms with van der Waals surface area (Å²) < 4.78 is 2.33. The number of benzene rings is 1. The van der Waals surface area contributed by atoms with Crippen LogP contribution in [0.15, 0.2) is 42.5 Å². The van der Waals surface area contributed by atoms with Crippen molar-refractivity contribution in [3.05, 3.63) is 59.4 Å². The Morgan fingerprint density at radius 3 is 2.68 bits per heavy atom. The lowest BCUT2D eigenvalue weighted by atomic mass is 10.1. The van der Waals surface area contributed by atoms with Crippen LogP contribution in [0.5, 0.6) is 0 Å². The molecule has 0 unspecified atom stereocenters. The number of aromatic nitrogens is 1. The topological polar surface area (TPSA) is 37.3 Å². The zero-order valence-corrected chi connectivity index (χ0v) is 13.2. The Morgan fingerprint density at radius 1 is 1.18 bits per heavy atom. The Bertz CT molecular complexity index is 648. The third-order valence-electron chi connectivity index (χ3n) is 4.45. The van der Waals surface area contributed by atoms with Crippen LogP contribution < -0.4 is 5.32 Å². The molecule has 0 saturated heterocycles. The van der Waals surface area contributed by atoms with Crippen molar-refractivity contribution in [1.29, 1.82) is 0 Å². The Balaban J connectivity index is 1.70. The van der Waals surface area contributed by atoms with Crippen LogP contribution in [-0.2, 0) is 13.1 Å². The number of rotatable bonds is 3. The van der Waals surface area contributed by atoms with E-state index in [1.54, 1.807) is 0 Å². The van der Waals surface area contributed by atoms with Crippen LogP contribution in [-0.4, -0.2) is 22.0 Å². The molecule has 1 N–H and O–H groups in total. The van der Waals surface area contributed by atoms with Gasteiger partial charge in [-0.2, -0.15) is 0 Å². The molecule has 0 saturated carbocycles. The van der Waals surface area contributed by atoms with Crippen molar-refractivity contribution in [2.75, 3.05) is 6.54 Å². The van der Waals surface area contributed by atoms with Crippen LogP contribution in [0, 0.1) is 6.92 Å². The molecule has 0 bridgehead atoms. The van der Waals surface area contributed by atoms with Crippen LogP contribution in [0.2, 0.25) is 0 Å². The molecule has 1 aromatic heterocycles. The molecule has 2 heterocycles. The summed E-state index contributed by atoms with van der Waals surface area (Å²) in [4.78, 5) is 14.5. The molecule has 0 aliphatic carbocycles. The Labute approximate surface area is 131 Å². The number of hydrogen-bond acceptors (Lipinski definition) is 1. The van der Waals surface area contributed by atoms with Gasteiger partial charge < -0.3 is 14.8 Å². The average molecular weight is 297 g/mol. The second kappa shape index (κ2) is 6.26. The van der Waals surface area contributed by atoms with Gasteiger partial charge in [0.05, 0.1) is 6.04 Å². The first-order chi connectivity index (χ1) is 10.7. The van der Waals surface area contributed by atoms with Gasteiger partial charge in [-0.15, -0.1) is 0 Å². The maximum Gasteiger partial charge on any atom is 0.318 e. The van der Waals surface area contributed by atoms with Crippen molar-refractivity contribution in [3.8, 4) is 0 Å². The van der Waals surface area contributed by atoms with Crippen molar-refractivity contribution in [1.82, 2.24) is 14.8 Å². The van der Waals surface area contributed by atoms with E-state index in [-0.39, 0.29) is 12.1 Å². The number of hydrogen-bond donors (Lipinski definition) is 1. The van der Waals surface area contributed by atoms with Crippen LogP contribution in [0.25, 0.3) is 0 Å². The fourth-order valence-electron chi connectivity index (χ4n) is 3.26. The van der Waals surface area contributed by atoms with Crippen molar-refractivity contribution in [2.45, 2.75) is 39.4 Å². The summed E-state index contributed by atoms with van der Waals surface area (Å²) in [6.07, 6.45) is 0.933. The van der Waals surface area contributed by atoms with E-state index in [9.17, 15) is 4.79 Å². The van der Waals surface area contributed by atoms with Crippen molar-refractivity contribution < 1.29 is 4.79 Å². The monoisotopic (exact) mass is 297 g/mol. The molecule has 0 fully saturated rings. The molecular formula is C18H23N3O. The molecule has 4 heteroatoms. The summed E-state index contributed by atoms with van der Waals surface area (Å²) in [5.74, 6) is 0. The van der Waals surface area contributed by atoms with Crippen molar-refractivity contribution >= 4 is 6.03 Å². The normalized spacial score (nSPS) is 17.2. The number of nitrogens with one attached hydrogen (secondary N) is 1. The fraction of sp³-hybridized carbons (Fsp3) is 0.389. The van der Waals surface area contributed by atoms with E-state index < -0.39 is 0 Å². The average Bonchev–Trinajstić information content (AvgIpc) is 2.94. The molecule has 1 aliphatic rings. The summed E-state index contributed by atoms with van der Waals surface area (Å²) in [5.41, 5.74) is 3.65. The predicted octanol–water partition coefficient (Wildman–Crippen LogP) is 3.47. The summed E-state index contributed by atoms with van der Waals surface area (Å²) in [6, 6.07) is 14.5. The summed E-state index contributed by atoms with van der Waals surface area (Å²) >= 11 is 0. The molecule has 1 atom stereocenters. The maximum absolute atomic E-state index is 12.6. The number of amides is 2. The van der Waals surface area contributed by atoms with E-state index in [1.807, 2.05) is 35.2 Å². The van der Waals surface area contributed by atoms with Crippen LogP contribution in [0.4, 0.5) is 4.79 Å². The first-order valence-corrected chi connectivity index (χ1v) is 7.95. The van der Waals surface area contributed by atoms with E-state index >= 15 is 0 Å². The van der Waals surface area contributed by atoms with E-state index in [0.717, 1.165) is 25.1 Å². The highest BCUT2D eigenvalue weighted by molar-refractivity contribution is 5.75. The molecule has 4 nitrogen and oxygen atoms in total. The number of nitrogens with zero attached hydrogens (tertiary/aromatic N) is 2. The minimum absolute atomic E-state index is 0.0285. The highest BCUT2D eigenvalue weighted by Crippen LogP contribution is 2.30. The number of fused-ring (bicyclic) bond motifs is 1. The lowest BCUT2D eigenvalue weighted by Gasteiger charge is -2.37. The third kappa shape index (κ3) is 2.73. The smallest absolute Gasteiger partial charge is 0.318 e. The lowest BCUT2D eigenvalue weighted by molar-refractivity contribution is 0.152. The largest absolute Gasteiger partial charge is 0.345 e. The standard InChI is InChI=1S/C18H23N3O/c1-3-16-17-10-9-14(2)20(17)11-12-21(16)18(22)19-13-15-7-5-4-6-8-15/h4-10,16H,3,11-13H2,1-2H3,(H,19,22)/t16-/m1/s1. The zero-order valence-electron chi connectivity index (χ0n) is 13.2. The van der Waals surface area contributed by atoms with Gasteiger partial charge in [0.25, 0.3) is 0 Å². The molecule has 3 rings (SSSR count). The van der Waals surface area contributed by atoms with Crippen LogP contribution in [0.1, 0.15) is 36.3 Å². The van der Waals surface area contributed by atoms with E-state index in [4.69, 9.17) is 0 Å². The van der Waals surface area contributed by atoms with Gasteiger partial charge in [-0.05, 0) is 31.0 Å². The van der Waals surface area contributed by atoms with Crippen LogP contribution in [0.3, 0.4) is 0 Å². The second-order valence-electron chi connectivity index (χ2n) is 5.81. The molecule has 1 aliphatic heterocycles. The van der Waals surface area contributed by atoms with Gasteiger partial charge in [0, 0.05) is 31.0 Å². The van der Waals surface area contributed by atoms with E-state index in [1.165, 1.54) is 11.4 Å². The van der Waals surface area contributed by atoms with E-state index in [0.29, 0.717) is 6.54 Å². The van der Waals surface area contributed by atoms with Gasteiger partial charge in [0.2, 0.25) is 0 Å². The molecule has 2 aromatic rings.